The summed E-state index contributed by atoms with van der Waals surface area (Å²) in [6.45, 7) is 9.51. The van der Waals surface area contributed by atoms with Crippen LogP contribution in [0.1, 0.15) is 48.4 Å². The highest BCUT2D eigenvalue weighted by atomic mass is 32.1. The molecule has 0 amide bonds. The first-order valence-corrected chi connectivity index (χ1v) is 12.2. The molecule has 1 unspecified atom stereocenters. The van der Waals surface area contributed by atoms with Crippen LogP contribution in [0.3, 0.4) is 0 Å². The van der Waals surface area contributed by atoms with E-state index in [9.17, 15) is 0 Å². The summed E-state index contributed by atoms with van der Waals surface area (Å²) in [5.74, 6) is 3.00. The topological polar surface area (TPSA) is 61.8 Å². The van der Waals surface area contributed by atoms with E-state index in [0.29, 0.717) is 11.8 Å². The Balaban J connectivity index is 1.32. The second kappa shape index (κ2) is 12.1. The van der Waals surface area contributed by atoms with Crippen molar-refractivity contribution in [3.05, 3.63) is 45.9 Å². The van der Waals surface area contributed by atoms with Crippen LogP contribution >= 0.6 is 11.3 Å². The van der Waals surface area contributed by atoms with E-state index in [-0.39, 0.29) is 0 Å². The predicted octanol–water partition coefficient (Wildman–Crippen LogP) is 4.03. The summed E-state index contributed by atoms with van der Waals surface area (Å²) < 4.78 is 5.24. The zero-order chi connectivity index (χ0) is 22.1. The van der Waals surface area contributed by atoms with Crippen molar-refractivity contribution in [1.29, 1.82) is 0 Å². The minimum atomic E-state index is 0.488. The molecule has 2 aromatic rings. The molecule has 1 aromatic carbocycles. The van der Waals surface area contributed by atoms with Gasteiger partial charge in [-0.25, -0.2) is 4.98 Å². The Hall–Kier alpha value is -2.12. The number of guanidine groups is 1. The molecule has 1 fully saturated rings. The van der Waals surface area contributed by atoms with Crippen molar-refractivity contribution >= 4 is 17.3 Å². The van der Waals surface area contributed by atoms with Crippen LogP contribution in [0.5, 0.6) is 5.75 Å². The van der Waals surface area contributed by atoms with Crippen LogP contribution in [0.4, 0.5) is 0 Å². The number of hydrogen-bond donors (Lipinski definition) is 2. The molecule has 6 nitrogen and oxygen atoms in total. The van der Waals surface area contributed by atoms with E-state index in [4.69, 9.17) is 4.74 Å². The standard InChI is InChI=1S/C24H37N5OS/c1-18(21-5-7-23(30-4)8-6-21)9-12-26-24(25-3)27-15-20-10-13-29(14-11-20)16-22-17-31-19(2)28-22/h5-8,17-18,20H,9-16H2,1-4H3,(H2,25,26,27). The average Bonchev–Trinajstić information content (AvgIpc) is 3.21. The number of aliphatic imine (C=N–C) groups is 1. The zero-order valence-electron chi connectivity index (χ0n) is 19.4. The summed E-state index contributed by atoms with van der Waals surface area (Å²) in [7, 11) is 3.55. The number of thiazole rings is 1. The fourth-order valence-electron chi connectivity index (χ4n) is 4.03. The van der Waals surface area contributed by atoms with E-state index >= 15 is 0 Å². The molecule has 1 atom stereocenters. The number of rotatable bonds is 9. The summed E-state index contributed by atoms with van der Waals surface area (Å²) in [5.41, 5.74) is 2.55. The molecule has 2 N–H and O–H groups in total. The van der Waals surface area contributed by atoms with Gasteiger partial charge in [0.15, 0.2) is 5.96 Å². The van der Waals surface area contributed by atoms with E-state index in [2.05, 4.69) is 56.9 Å². The van der Waals surface area contributed by atoms with Gasteiger partial charge < -0.3 is 15.4 Å². The number of nitrogens with zero attached hydrogens (tertiary/aromatic N) is 3. The number of methoxy groups -OCH3 is 1. The van der Waals surface area contributed by atoms with Gasteiger partial charge in [-0.05, 0) is 68.8 Å². The molecule has 0 saturated carbocycles. The Morgan fingerprint density at radius 3 is 2.61 bits per heavy atom. The maximum absolute atomic E-state index is 5.24. The number of nitrogens with one attached hydrogen (secondary N) is 2. The Bertz CT molecular complexity index is 812. The molecule has 0 radical (unpaired) electrons. The molecule has 1 saturated heterocycles. The molecule has 0 aliphatic carbocycles. The Morgan fingerprint density at radius 2 is 2.00 bits per heavy atom. The van der Waals surface area contributed by atoms with Gasteiger partial charge in [0.25, 0.3) is 0 Å². The molecule has 7 heteroatoms. The van der Waals surface area contributed by atoms with Crippen molar-refractivity contribution in [2.75, 3.05) is 40.3 Å². The van der Waals surface area contributed by atoms with Gasteiger partial charge in [0.1, 0.15) is 5.75 Å². The number of likely N-dealkylation sites (tertiary alicyclic amines) is 1. The van der Waals surface area contributed by atoms with Crippen molar-refractivity contribution < 1.29 is 4.74 Å². The van der Waals surface area contributed by atoms with Crippen LogP contribution in [0.15, 0.2) is 34.6 Å². The normalized spacial score (nSPS) is 16.8. The second-order valence-electron chi connectivity index (χ2n) is 8.42. The SMILES string of the molecule is CN=C(NCCC(C)c1ccc(OC)cc1)NCC1CCN(Cc2csc(C)n2)CC1. The Morgan fingerprint density at radius 1 is 1.26 bits per heavy atom. The fraction of sp³-hybridized carbons (Fsp3) is 0.583. The Kier molecular flexibility index (Phi) is 9.15. The van der Waals surface area contributed by atoms with Gasteiger partial charge in [0, 0.05) is 32.1 Å². The lowest BCUT2D eigenvalue weighted by Gasteiger charge is -2.31. The molecular formula is C24H37N5OS. The van der Waals surface area contributed by atoms with Gasteiger partial charge in [-0.15, -0.1) is 11.3 Å². The van der Waals surface area contributed by atoms with Crippen molar-refractivity contribution in [2.45, 2.75) is 45.6 Å². The first-order chi connectivity index (χ1) is 15.1. The van der Waals surface area contributed by atoms with E-state index < -0.39 is 0 Å². The lowest BCUT2D eigenvalue weighted by Crippen LogP contribution is -2.43. The molecular weight excluding hydrogens is 406 g/mol. The van der Waals surface area contributed by atoms with Crippen molar-refractivity contribution in [1.82, 2.24) is 20.5 Å². The van der Waals surface area contributed by atoms with Crippen LogP contribution < -0.4 is 15.4 Å². The fourth-order valence-corrected chi connectivity index (χ4v) is 4.63. The number of aromatic nitrogens is 1. The first-order valence-electron chi connectivity index (χ1n) is 11.3. The summed E-state index contributed by atoms with van der Waals surface area (Å²) in [6.07, 6.45) is 3.50. The average molecular weight is 444 g/mol. The summed E-state index contributed by atoms with van der Waals surface area (Å²) in [5, 5.41) is 10.3. The lowest BCUT2D eigenvalue weighted by atomic mass is 9.96. The number of hydrogen-bond acceptors (Lipinski definition) is 5. The van der Waals surface area contributed by atoms with E-state index in [1.54, 1.807) is 18.4 Å². The van der Waals surface area contributed by atoms with E-state index in [1.165, 1.54) is 24.1 Å². The number of ether oxygens (including phenoxy) is 1. The molecule has 1 aromatic heterocycles. The summed E-state index contributed by atoms with van der Waals surface area (Å²) in [4.78, 5) is 11.5. The monoisotopic (exact) mass is 443 g/mol. The molecule has 170 valence electrons. The third kappa shape index (κ3) is 7.51. The van der Waals surface area contributed by atoms with E-state index in [0.717, 1.165) is 55.9 Å². The van der Waals surface area contributed by atoms with Crippen LogP contribution in [0, 0.1) is 12.8 Å². The highest BCUT2D eigenvalue weighted by Gasteiger charge is 2.20. The molecule has 3 rings (SSSR count). The van der Waals surface area contributed by atoms with Crippen LogP contribution in [-0.4, -0.2) is 56.2 Å². The van der Waals surface area contributed by atoms with Crippen LogP contribution in [0.2, 0.25) is 0 Å². The van der Waals surface area contributed by atoms with E-state index in [1.807, 2.05) is 19.2 Å². The predicted molar refractivity (Wildman–Crippen MR) is 130 cm³/mol. The minimum absolute atomic E-state index is 0.488. The zero-order valence-corrected chi connectivity index (χ0v) is 20.2. The number of piperidine rings is 1. The van der Waals surface area contributed by atoms with Crippen LogP contribution in [-0.2, 0) is 6.54 Å². The first kappa shape index (κ1) is 23.5. The van der Waals surface area contributed by atoms with Gasteiger partial charge in [0.2, 0.25) is 0 Å². The number of aryl methyl sites for hydroxylation is 1. The smallest absolute Gasteiger partial charge is 0.190 e. The maximum Gasteiger partial charge on any atom is 0.190 e. The van der Waals surface area contributed by atoms with Crippen LogP contribution in [0.25, 0.3) is 0 Å². The second-order valence-corrected chi connectivity index (χ2v) is 9.48. The third-order valence-electron chi connectivity index (χ3n) is 6.10. The minimum Gasteiger partial charge on any atom is -0.497 e. The molecule has 1 aliphatic rings. The quantitative estimate of drug-likeness (QED) is 0.453. The number of benzene rings is 1. The molecule has 31 heavy (non-hydrogen) atoms. The van der Waals surface area contributed by atoms with Gasteiger partial charge in [0.05, 0.1) is 17.8 Å². The van der Waals surface area contributed by atoms with Crippen molar-refractivity contribution in [3.8, 4) is 5.75 Å². The summed E-state index contributed by atoms with van der Waals surface area (Å²) in [6, 6.07) is 8.36. The molecule has 0 bridgehead atoms. The lowest BCUT2D eigenvalue weighted by molar-refractivity contribution is 0.176. The highest BCUT2D eigenvalue weighted by molar-refractivity contribution is 7.09. The van der Waals surface area contributed by atoms with Gasteiger partial charge >= 0.3 is 0 Å². The summed E-state index contributed by atoms with van der Waals surface area (Å²) >= 11 is 1.74. The van der Waals surface area contributed by atoms with Crippen molar-refractivity contribution in [2.24, 2.45) is 10.9 Å². The van der Waals surface area contributed by atoms with Gasteiger partial charge in [-0.1, -0.05) is 19.1 Å². The largest absolute Gasteiger partial charge is 0.497 e. The maximum atomic E-state index is 5.24. The molecule has 1 aliphatic heterocycles. The van der Waals surface area contributed by atoms with Gasteiger partial charge in [-0.2, -0.15) is 0 Å². The molecule has 2 heterocycles. The molecule has 0 spiro atoms. The van der Waals surface area contributed by atoms with Crippen molar-refractivity contribution in [3.63, 3.8) is 0 Å². The van der Waals surface area contributed by atoms with Gasteiger partial charge in [-0.3, -0.25) is 9.89 Å². The third-order valence-corrected chi connectivity index (χ3v) is 6.92. The highest BCUT2D eigenvalue weighted by Crippen LogP contribution is 2.21. The Labute approximate surface area is 191 Å².